The van der Waals surface area contributed by atoms with Crippen LogP contribution < -0.4 is 10.1 Å². The lowest BCUT2D eigenvalue weighted by molar-refractivity contribution is -0.145. The van der Waals surface area contributed by atoms with E-state index in [1.54, 1.807) is 29.2 Å². The number of nitrogens with one attached hydrogen (secondary N) is 2. The minimum atomic E-state index is -3.68. The number of furan rings is 1. The van der Waals surface area contributed by atoms with E-state index in [2.05, 4.69) is 31.2 Å². The lowest BCUT2D eigenvalue weighted by Gasteiger charge is -2.18. The average molecular weight is 511 g/mol. The molecular formula is C20H23BrN4O5S. The van der Waals surface area contributed by atoms with Gasteiger partial charge in [0.2, 0.25) is 10.0 Å². The van der Waals surface area contributed by atoms with Crippen molar-refractivity contribution < 1.29 is 22.4 Å². The molecule has 31 heavy (non-hydrogen) atoms. The van der Waals surface area contributed by atoms with Crippen molar-refractivity contribution in [3.63, 3.8) is 0 Å². The number of carbonyl (C=O) groups is 2. The molecule has 0 aliphatic carbocycles. The molecule has 0 bridgehead atoms. The van der Waals surface area contributed by atoms with Crippen molar-refractivity contribution in [3.8, 4) is 0 Å². The molecular weight excluding hydrogens is 488 g/mol. The van der Waals surface area contributed by atoms with Crippen LogP contribution in [-0.4, -0.2) is 44.4 Å². The summed E-state index contributed by atoms with van der Waals surface area (Å²) in [6.45, 7) is 1.10. The molecule has 2 aromatic rings. The number of nitrogens with zero attached hydrogens (tertiary/aromatic N) is 2. The van der Waals surface area contributed by atoms with Crippen molar-refractivity contribution in [2.24, 2.45) is 5.10 Å². The molecule has 0 radical (unpaired) electrons. The van der Waals surface area contributed by atoms with Gasteiger partial charge >= 0.3 is 11.8 Å². The van der Waals surface area contributed by atoms with Gasteiger partial charge in [-0.2, -0.15) is 5.10 Å². The molecule has 1 aliphatic rings. The summed E-state index contributed by atoms with van der Waals surface area (Å²) in [5, 5.41) is 3.75. The Kier molecular flexibility index (Phi) is 7.99. The fourth-order valence-electron chi connectivity index (χ4n) is 3.04. The van der Waals surface area contributed by atoms with Crippen molar-refractivity contribution in [2.75, 3.05) is 13.1 Å². The van der Waals surface area contributed by atoms with Gasteiger partial charge in [-0.15, -0.1) is 0 Å². The van der Waals surface area contributed by atoms with Crippen LogP contribution in [0.3, 0.4) is 0 Å². The maximum atomic E-state index is 12.3. The van der Waals surface area contributed by atoms with Gasteiger partial charge in [-0.05, 0) is 49.2 Å². The van der Waals surface area contributed by atoms with Crippen molar-refractivity contribution in [2.45, 2.75) is 37.1 Å². The summed E-state index contributed by atoms with van der Waals surface area (Å²) in [7, 11) is -3.68. The van der Waals surface area contributed by atoms with E-state index in [-0.39, 0.29) is 11.4 Å². The summed E-state index contributed by atoms with van der Waals surface area (Å²) in [6, 6.07) is 9.43. The summed E-state index contributed by atoms with van der Waals surface area (Å²) >= 11 is 3.26. The van der Waals surface area contributed by atoms with Crippen LogP contribution in [0.15, 0.2) is 55.3 Å². The smallest absolute Gasteiger partial charge is 0.329 e. The molecule has 11 heteroatoms. The van der Waals surface area contributed by atoms with Crippen LogP contribution in [0.2, 0.25) is 0 Å². The van der Waals surface area contributed by atoms with Gasteiger partial charge in [0.05, 0.1) is 17.7 Å². The van der Waals surface area contributed by atoms with Gasteiger partial charge in [0.15, 0.2) is 0 Å². The van der Waals surface area contributed by atoms with Crippen LogP contribution in [0.25, 0.3) is 0 Å². The first-order valence-corrected chi connectivity index (χ1v) is 12.1. The van der Waals surface area contributed by atoms with E-state index in [0.29, 0.717) is 24.6 Å². The van der Waals surface area contributed by atoms with Crippen LogP contribution in [0.5, 0.6) is 0 Å². The number of amides is 2. The molecule has 2 amide bonds. The second-order valence-electron chi connectivity index (χ2n) is 6.99. The number of benzene rings is 1. The number of hydrogen-bond donors (Lipinski definition) is 2. The standard InChI is InChI=1S/C20H23BrN4O5S/c21-15-5-9-18(10-6-15)31(28,29)23-14-17-8-7-16(30-17)13-22-24-19(26)20(27)25-11-3-1-2-4-12-25/h5-10,13,23H,1-4,11-12,14H2,(H,24,26)/b22-13+. The van der Waals surface area contributed by atoms with E-state index in [1.807, 2.05) is 0 Å². The molecule has 166 valence electrons. The summed E-state index contributed by atoms with van der Waals surface area (Å²) in [5.74, 6) is -0.719. The van der Waals surface area contributed by atoms with E-state index in [9.17, 15) is 18.0 Å². The topological polar surface area (TPSA) is 121 Å². The number of halogens is 1. The zero-order valence-electron chi connectivity index (χ0n) is 16.7. The maximum absolute atomic E-state index is 12.3. The molecule has 0 unspecified atom stereocenters. The van der Waals surface area contributed by atoms with Gasteiger partial charge in [0, 0.05) is 17.6 Å². The highest BCUT2D eigenvalue weighted by Crippen LogP contribution is 2.15. The highest BCUT2D eigenvalue weighted by Gasteiger charge is 2.22. The van der Waals surface area contributed by atoms with Crippen molar-refractivity contribution >= 4 is 44.0 Å². The number of hydrazone groups is 1. The Balaban J connectivity index is 1.50. The fraction of sp³-hybridized carbons (Fsp3) is 0.350. The van der Waals surface area contributed by atoms with E-state index in [1.165, 1.54) is 18.3 Å². The molecule has 9 nitrogen and oxygen atoms in total. The number of carbonyl (C=O) groups excluding carboxylic acids is 2. The summed E-state index contributed by atoms with van der Waals surface area (Å²) in [6.07, 6.45) is 5.15. The zero-order chi connectivity index (χ0) is 22.3. The number of rotatable bonds is 6. The first-order valence-electron chi connectivity index (χ1n) is 9.81. The highest BCUT2D eigenvalue weighted by molar-refractivity contribution is 9.10. The Labute approximate surface area is 189 Å². The number of hydrogen-bond acceptors (Lipinski definition) is 6. The van der Waals surface area contributed by atoms with Gasteiger partial charge in [0.1, 0.15) is 11.5 Å². The second-order valence-corrected chi connectivity index (χ2v) is 9.67. The average Bonchev–Trinajstić information content (AvgIpc) is 3.03. The third-order valence-electron chi connectivity index (χ3n) is 4.69. The zero-order valence-corrected chi connectivity index (χ0v) is 19.1. The van der Waals surface area contributed by atoms with Gasteiger partial charge in [-0.25, -0.2) is 18.6 Å². The third kappa shape index (κ3) is 6.74. The van der Waals surface area contributed by atoms with Gasteiger partial charge in [-0.3, -0.25) is 9.59 Å². The van der Waals surface area contributed by atoms with Crippen molar-refractivity contribution in [1.82, 2.24) is 15.0 Å². The normalized spacial score (nSPS) is 15.1. The number of sulfonamides is 1. The maximum Gasteiger partial charge on any atom is 0.329 e. The first-order chi connectivity index (χ1) is 14.8. The predicted molar refractivity (Wildman–Crippen MR) is 118 cm³/mol. The first kappa shape index (κ1) is 23.2. The molecule has 1 saturated heterocycles. The Hall–Kier alpha value is -2.50. The molecule has 2 N–H and O–H groups in total. The highest BCUT2D eigenvalue weighted by atomic mass is 79.9. The van der Waals surface area contributed by atoms with E-state index >= 15 is 0 Å². The predicted octanol–water partition coefficient (Wildman–Crippen LogP) is 2.37. The Bertz CT molecular complexity index is 1040. The van der Waals surface area contributed by atoms with Crippen molar-refractivity contribution in [3.05, 3.63) is 52.4 Å². The monoisotopic (exact) mass is 510 g/mol. The lowest BCUT2D eigenvalue weighted by Crippen LogP contribution is -2.41. The van der Waals surface area contributed by atoms with Crippen LogP contribution in [0, 0.1) is 0 Å². The fourth-order valence-corrected chi connectivity index (χ4v) is 4.30. The number of likely N-dealkylation sites (tertiary alicyclic amines) is 1. The van der Waals surface area contributed by atoms with Gasteiger partial charge in [0.25, 0.3) is 0 Å². The van der Waals surface area contributed by atoms with Gasteiger partial charge < -0.3 is 9.32 Å². The SMILES string of the molecule is O=C(N/N=C/c1ccc(CNS(=O)(=O)c2ccc(Br)cc2)o1)C(=O)N1CCCCCC1. The Morgan fingerprint density at radius 3 is 2.42 bits per heavy atom. The minimum absolute atomic E-state index is 0.0496. The van der Waals surface area contributed by atoms with Crippen LogP contribution in [0.4, 0.5) is 0 Å². The van der Waals surface area contributed by atoms with Crippen LogP contribution in [0.1, 0.15) is 37.2 Å². The second kappa shape index (κ2) is 10.7. The van der Waals surface area contributed by atoms with Crippen LogP contribution in [-0.2, 0) is 26.2 Å². The molecule has 0 atom stereocenters. The molecule has 1 aromatic carbocycles. The third-order valence-corrected chi connectivity index (χ3v) is 6.63. The molecule has 0 saturated carbocycles. The summed E-state index contributed by atoms with van der Waals surface area (Å²) in [5.41, 5.74) is 2.20. The molecule has 2 heterocycles. The molecule has 1 fully saturated rings. The summed E-state index contributed by atoms with van der Waals surface area (Å²) < 4.78 is 33.3. The van der Waals surface area contributed by atoms with Gasteiger partial charge in [-0.1, -0.05) is 28.8 Å². The van der Waals surface area contributed by atoms with E-state index < -0.39 is 21.8 Å². The molecule has 1 aliphatic heterocycles. The summed E-state index contributed by atoms with van der Waals surface area (Å²) in [4.78, 5) is 25.8. The van der Waals surface area contributed by atoms with E-state index in [4.69, 9.17) is 4.42 Å². The van der Waals surface area contributed by atoms with Crippen LogP contribution >= 0.6 is 15.9 Å². The largest absolute Gasteiger partial charge is 0.459 e. The quantitative estimate of drug-likeness (QED) is 0.351. The van der Waals surface area contributed by atoms with E-state index in [0.717, 1.165) is 30.2 Å². The minimum Gasteiger partial charge on any atom is -0.459 e. The Morgan fingerprint density at radius 1 is 1.06 bits per heavy atom. The van der Waals surface area contributed by atoms with Crippen molar-refractivity contribution in [1.29, 1.82) is 0 Å². The molecule has 0 spiro atoms. The molecule has 1 aromatic heterocycles. The molecule has 3 rings (SSSR count). The lowest BCUT2D eigenvalue weighted by atomic mass is 10.2. The Morgan fingerprint density at radius 2 is 1.74 bits per heavy atom.